The lowest BCUT2D eigenvalue weighted by molar-refractivity contribution is -0.128. The molecule has 19 heavy (non-hydrogen) atoms. The van der Waals surface area contributed by atoms with Crippen LogP contribution in [0.2, 0.25) is 0 Å². The molecule has 0 aromatic carbocycles. The molecule has 3 unspecified atom stereocenters. The molecule has 0 heterocycles. The van der Waals surface area contributed by atoms with Crippen molar-refractivity contribution in [3.8, 4) is 0 Å². The van der Waals surface area contributed by atoms with Crippen molar-refractivity contribution in [2.45, 2.75) is 65.0 Å². The molecule has 0 bridgehead atoms. The third-order valence-electron chi connectivity index (χ3n) is 4.39. The predicted octanol–water partition coefficient (Wildman–Crippen LogP) is 1.74. The molecule has 4 heteroatoms. The van der Waals surface area contributed by atoms with E-state index >= 15 is 0 Å². The number of nitrogens with two attached hydrogens (primary N) is 1. The number of carbonyl (C=O) groups excluding carboxylic acids is 1. The molecule has 1 aliphatic rings. The zero-order valence-electron chi connectivity index (χ0n) is 13.0. The van der Waals surface area contributed by atoms with E-state index in [0.29, 0.717) is 0 Å². The minimum atomic E-state index is -0.336. The van der Waals surface area contributed by atoms with Crippen molar-refractivity contribution in [2.24, 2.45) is 11.7 Å². The van der Waals surface area contributed by atoms with Gasteiger partial charge in [-0.3, -0.25) is 4.79 Å². The van der Waals surface area contributed by atoms with Crippen LogP contribution in [0.5, 0.6) is 0 Å². The third-order valence-corrected chi connectivity index (χ3v) is 4.39. The molecule has 1 fully saturated rings. The first kappa shape index (κ1) is 16.4. The highest BCUT2D eigenvalue weighted by Gasteiger charge is 2.38. The molecule has 3 atom stereocenters. The van der Waals surface area contributed by atoms with Gasteiger partial charge >= 0.3 is 0 Å². The first-order valence-electron chi connectivity index (χ1n) is 7.72. The summed E-state index contributed by atoms with van der Waals surface area (Å²) in [5.74, 6) is 0.116. The van der Waals surface area contributed by atoms with E-state index in [1.807, 2.05) is 6.92 Å². The quantitative estimate of drug-likeness (QED) is 0.772. The first-order valence-corrected chi connectivity index (χ1v) is 7.72. The van der Waals surface area contributed by atoms with E-state index in [4.69, 9.17) is 5.73 Å². The predicted molar refractivity (Wildman–Crippen MR) is 79.9 cm³/mol. The Kier molecular flexibility index (Phi) is 6.27. The van der Waals surface area contributed by atoms with Crippen molar-refractivity contribution in [1.82, 2.24) is 10.2 Å². The molecule has 1 amide bonds. The summed E-state index contributed by atoms with van der Waals surface area (Å²) in [5.41, 5.74) is 5.94. The molecule has 4 nitrogen and oxygen atoms in total. The van der Waals surface area contributed by atoms with E-state index in [2.05, 4.69) is 31.0 Å². The van der Waals surface area contributed by atoms with E-state index in [1.54, 1.807) is 0 Å². The molecule has 3 N–H and O–H groups in total. The SMILES string of the molecule is CCN(CC)CC(C)NC(=O)C1CCCCC1(C)N. The number of carbonyl (C=O) groups is 1. The molecular weight excluding hydrogens is 238 g/mol. The van der Waals surface area contributed by atoms with Crippen LogP contribution in [-0.2, 0) is 4.79 Å². The molecular formula is C15H31N3O. The van der Waals surface area contributed by atoms with Crippen LogP contribution in [0.1, 0.15) is 53.4 Å². The normalized spacial score (nSPS) is 29.3. The molecule has 1 aliphatic carbocycles. The Morgan fingerprint density at radius 2 is 2.05 bits per heavy atom. The Bertz CT molecular complexity index is 287. The standard InChI is InChI=1S/C15H31N3O/c1-5-18(6-2)11-12(3)17-14(19)13-9-7-8-10-15(13,4)16/h12-13H,5-11,16H2,1-4H3,(H,17,19). The molecule has 0 aromatic rings. The number of hydrogen-bond acceptors (Lipinski definition) is 3. The summed E-state index contributed by atoms with van der Waals surface area (Å²) in [6.45, 7) is 11.3. The second-order valence-corrected chi connectivity index (χ2v) is 6.20. The van der Waals surface area contributed by atoms with Crippen molar-refractivity contribution in [2.75, 3.05) is 19.6 Å². The smallest absolute Gasteiger partial charge is 0.225 e. The van der Waals surface area contributed by atoms with E-state index in [-0.39, 0.29) is 23.4 Å². The van der Waals surface area contributed by atoms with Gasteiger partial charge in [-0.15, -0.1) is 0 Å². The minimum Gasteiger partial charge on any atom is -0.352 e. The summed E-state index contributed by atoms with van der Waals surface area (Å²) in [4.78, 5) is 14.7. The summed E-state index contributed by atoms with van der Waals surface area (Å²) in [5, 5.41) is 3.14. The maximum absolute atomic E-state index is 12.4. The van der Waals surface area contributed by atoms with Crippen molar-refractivity contribution < 1.29 is 4.79 Å². The maximum Gasteiger partial charge on any atom is 0.225 e. The van der Waals surface area contributed by atoms with Crippen molar-refractivity contribution >= 4 is 5.91 Å². The fraction of sp³-hybridized carbons (Fsp3) is 0.933. The van der Waals surface area contributed by atoms with Crippen molar-refractivity contribution in [3.05, 3.63) is 0 Å². The highest BCUT2D eigenvalue weighted by atomic mass is 16.2. The number of amides is 1. The van der Waals surface area contributed by atoms with Gasteiger partial charge in [-0.2, -0.15) is 0 Å². The second kappa shape index (κ2) is 7.25. The van der Waals surface area contributed by atoms with Crippen LogP contribution in [-0.4, -0.2) is 42.0 Å². The van der Waals surface area contributed by atoms with E-state index in [0.717, 1.165) is 45.3 Å². The maximum atomic E-state index is 12.4. The lowest BCUT2D eigenvalue weighted by Crippen LogP contribution is -2.55. The Hall–Kier alpha value is -0.610. The summed E-state index contributed by atoms with van der Waals surface area (Å²) in [7, 11) is 0. The summed E-state index contributed by atoms with van der Waals surface area (Å²) < 4.78 is 0. The Morgan fingerprint density at radius 3 is 2.58 bits per heavy atom. The number of hydrogen-bond donors (Lipinski definition) is 2. The van der Waals surface area contributed by atoms with E-state index < -0.39 is 0 Å². The monoisotopic (exact) mass is 269 g/mol. The fourth-order valence-electron chi connectivity index (χ4n) is 3.05. The van der Waals surface area contributed by atoms with Gasteiger partial charge in [0.25, 0.3) is 0 Å². The lowest BCUT2D eigenvalue weighted by Gasteiger charge is -2.38. The summed E-state index contributed by atoms with van der Waals surface area (Å²) >= 11 is 0. The van der Waals surface area contributed by atoms with Gasteiger partial charge < -0.3 is 16.0 Å². The zero-order chi connectivity index (χ0) is 14.5. The van der Waals surface area contributed by atoms with Crippen LogP contribution in [0.15, 0.2) is 0 Å². The van der Waals surface area contributed by atoms with Crippen LogP contribution < -0.4 is 11.1 Å². The Labute approximate surface area is 118 Å². The molecule has 0 aromatic heterocycles. The zero-order valence-corrected chi connectivity index (χ0v) is 13.0. The molecule has 0 aliphatic heterocycles. The number of rotatable bonds is 6. The fourth-order valence-corrected chi connectivity index (χ4v) is 3.05. The molecule has 0 spiro atoms. The van der Waals surface area contributed by atoms with Gasteiger partial charge in [0.05, 0.1) is 5.92 Å². The Balaban J connectivity index is 2.49. The Morgan fingerprint density at radius 1 is 1.42 bits per heavy atom. The van der Waals surface area contributed by atoms with Crippen LogP contribution in [0.4, 0.5) is 0 Å². The topological polar surface area (TPSA) is 58.4 Å². The molecule has 1 saturated carbocycles. The molecule has 0 radical (unpaired) electrons. The summed E-state index contributed by atoms with van der Waals surface area (Å²) in [6, 6.07) is 0.185. The number of nitrogens with one attached hydrogen (secondary N) is 1. The highest BCUT2D eigenvalue weighted by molar-refractivity contribution is 5.80. The molecule has 0 saturated heterocycles. The van der Waals surface area contributed by atoms with Gasteiger partial charge in [0, 0.05) is 18.1 Å². The third kappa shape index (κ3) is 4.77. The first-order chi connectivity index (χ1) is 8.90. The summed E-state index contributed by atoms with van der Waals surface area (Å²) in [6.07, 6.45) is 4.15. The highest BCUT2D eigenvalue weighted by Crippen LogP contribution is 2.31. The van der Waals surface area contributed by atoms with Crippen LogP contribution in [0.3, 0.4) is 0 Å². The largest absolute Gasteiger partial charge is 0.352 e. The van der Waals surface area contributed by atoms with Gasteiger partial charge in [0.2, 0.25) is 5.91 Å². The van der Waals surface area contributed by atoms with Crippen molar-refractivity contribution in [1.29, 1.82) is 0 Å². The second-order valence-electron chi connectivity index (χ2n) is 6.20. The van der Waals surface area contributed by atoms with Crippen LogP contribution in [0, 0.1) is 5.92 Å². The van der Waals surface area contributed by atoms with Gasteiger partial charge in [0.1, 0.15) is 0 Å². The minimum absolute atomic E-state index is 0.0274. The van der Waals surface area contributed by atoms with E-state index in [9.17, 15) is 4.79 Å². The van der Waals surface area contributed by atoms with Gasteiger partial charge in [-0.25, -0.2) is 0 Å². The van der Waals surface area contributed by atoms with Gasteiger partial charge in [-0.05, 0) is 39.8 Å². The van der Waals surface area contributed by atoms with E-state index in [1.165, 1.54) is 0 Å². The lowest BCUT2D eigenvalue weighted by atomic mass is 9.74. The van der Waals surface area contributed by atoms with Crippen molar-refractivity contribution in [3.63, 3.8) is 0 Å². The number of likely N-dealkylation sites (N-methyl/N-ethyl adjacent to an activating group) is 1. The number of nitrogens with zero attached hydrogens (tertiary/aromatic N) is 1. The van der Waals surface area contributed by atoms with Crippen LogP contribution in [0.25, 0.3) is 0 Å². The van der Waals surface area contributed by atoms with Gasteiger partial charge in [0.15, 0.2) is 0 Å². The van der Waals surface area contributed by atoms with Gasteiger partial charge in [-0.1, -0.05) is 26.7 Å². The average Bonchev–Trinajstić information content (AvgIpc) is 2.35. The van der Waals surface area contributed by atoms with Crippen LogP contribution >= 0.6 is 0 Å². The molecule has 112 valence electrons. The average molecular weight is 269 g/mol. The molecule has 1 rings (SSSR count).